The molecule has 0 spiro atoms. The second-order valence-electron chi connectivity index (χ2n) is 16.4. The van der Waals surface area contributed by atoms with Crippen molar-refractivity contribution in [2.24, 2.45) is 10.4 Å². The molecule has 20 heteroatoms. The molecule has 1 aliphatic carbocycles. The minimum Gasteiger partial charge on any atom is -0.351 e. The van der Waals surface area contributed by atoms with Crippen molar-refractivity contribution in [3.63, 3.8) is 0 Å². The zero-order valence-electron chi connectivity index (χ0n) is 35.2. The lowest BCUT2D eigenvalue weighted by Crippen LogP contribution is -2.35. The van der Waals surface area contributed by atoms with Crippen molar-refractivity contribution in [2.45, 2.75) is 77.7 Å². The Labute approximate surface area is 357 Å². The van der Waals surface area contributed by atoms with Crippen LogP contribution >= 0.6 is 0 Å². The summed E-state index contributed by atoms with van der Waals surface area (Å²) in [5.74, 6) is 1.11. The van der Waals surface area contributed by atoms with Crippen LogP contribution in [0.5, 0.6) is 0 Å². The van der Waals surface area contributed by atoms with E-state index in [2.05, 4.69) is 78.0 Å². The van der Waals surface area contributed by atoms with Crippen molar-refractivity contribution < 1.29 is 9.59 Å². The molecule has 19 nitrogen and oxygen atoms in total. The van der Waals surface area contributed by atoms with Gasteiger partial charge in [-0.3, -0.25) is 9.97 Å². The number of hydrogen-bond acceptors (Lipinski definition) is 15. The van der Waals surface area contributed by atoms with Crippen LogP contribution in [0.4, 0.5) is 16.7 Å². The highest BCUT2D eigenvalue weighted by atomic mass is 28.3. The number of primary amides is 1. The van der Waals surface area contributed by atoms with E-state index in [4.69, 9.17) is 5.73 Å². The van der Waals surface area contributed by atoms with E-state index in [1.54, 1.807) is 32.7 Å². The Bertz CT molecular complexity index is 2950. The molecule has 0 unspecified atom stereocenters. The average Bonchev–Trinajstić information content (AvgIpc) is 4.09. The summed E-state index contributed by atoms with van der Waals surface area (Å²) in [5.41, 5.74) is 13.6. The zero-order valence-corrected chi connectivity index (χ0v) is 36.2. The number of nitrogens with zero attached hydrogens (tertiary/aromatic N) is 14. The number of benzene rings is 2. The average molecular weight is 850 g/mol. The number of aryl methyl sites for hydroxylation is 2. The largest absolute Gasteiger partial charge is 0.351 e. The number of pyridine rings is 2. The molecule has 8 aromatic rings. The molecule has 316 valence electrons. The summed E-state index contributed by atoms with van der Waals surface area (Å²) in [5, 5.41) is 25.7. The predicted molar refractivity (Wildman–Crippen MR) is 240 cm³/mol. The van der Waals surface area contributed by atoms with Crippen molar-refractivity contribution in [2.75, 3.05) is 23.7 Å². The van der Waals surface area contributed by atoms with Gasteiger partial charge in [-0.15, -0.1) is 10.2 Å². The molecule has 0 radical (unpaired) electrons. The normalized spacial score (nSPS) is 15.2. The van der Waals surface area contributed by atoms with Gasteiger partial charge in [-0.25, -0.2) is 24.2 Å². The summed E-state index contributed by atoms with van der Waals surface area (Å²) in [6, 6.07) is 20.2. The van der Waals surface area contributed by atoms with Crippen LogP contribution in [0.1, 0.15) is 43.5 Å². The Balaban J connectivity index is 0.000000149. The summed E-state index contributed by atoms with van der Waals surface area (Å²) < 4.78 is 7.04. The molecule has 7 heterocycles. The number of carbonyl (C=O) groups is 1. The highest BCUT2D eigenvalue weighted by Gasteiger charge is 2.25. The lowest BCUT2D eigenvalue weighted by Gasteiger charge is -2.14. The van der Waals surface area contributed by atoms with E-state index >= 15 is 0 Å². The van der Waals surface area contributed by atoms with Gasteiger partial charge in [0.05, 0.1) is 34.8 Å². The van der Waals surface area contributed by atoms with Gasteiger partial charge in [0.25, 0.3) is 0 Å². The second kappa shape index (κ2) is 17.7. The van der Waals surface area contributed by atoms with Gasteiger partial charge in [0.1, 0.15) is 0 Å². The number of aromatic nitrogens is 12. The van der Waals surface area contributed by atoms with Crippen LogP contribution in [0.3, 0.4) is 0 Å². The number of fused-ring (bicyclic) bond motifs is 4. The van der Waals surface area contributed by atoms with Crippen LogP contribution in [0.15, 0.2) is 77.7 Å². The number of anilines is 2. The molecule has 62 heavy (non-hydrogen) atoms. The lowest BCUT2D eigenvalue weighted by atomic mass is 10.2. The SMILES string of the molecule is C[Si](C)(C)N=C=O.Cc1ccc2cc(-n3nnc4cnc(NC5CCCC5)nc43)ccc2n1.Cc1ccc2cc(-n3nnc4cnc(N[C@@H]5CCN(C(N)=O)C5)nc43)ccc2n1. The molecule has 6 aromatic heterocycles. The molecule has 1 saturated carbocycles. The standard InChI is InChI=1S/C19H19N9O.C19H19N7.C4H9NOSi/c1-11-2-3-12-8-14(4-5-15(12)22-11)28-17-16(25-26-28)9-21-19(24-17)23-13-6-7-27(10-13)18(20)29;1-12-6-7-13-10-15(8-9-16(13)21-12)26-18-17(24-25-26)11-20-19(23-18)22-14-4-2-3-5-14;1-7(2,3)5-4-6/h2-5,8-9,13H,6-7,10H2,1H3,(H2,20,29)(H,21,23,24);6-11,14H,2-5H2,1H3,(H,20,22,23);1-3H3/t13-;;/m1../s1. The maximum absolute atomic E-state index is 11.3. The molecular weight excluding hydrogens is 803 g/mol. The van der Waals surface area contributed by atoms with Crippen LogP contribution in [-0.4, -0.2) is 110 Å². The summed E-state index contributed by atoms with van der Waals surface area (Å²) in [6.07, 6.45) is 10.6. The first-order valence-electron chi connectivity index (χ1n) is 20.5. The molecule has 2 fully saturated rings. The van der Waals surface area contributed by atoms with Crippen molar-refractivity contribution in [3.8, 4) is 11.4 Å². The fraction of sp³-hybridized carbons (Fsp3) is 0.333. The lowest BCUT2D eigenvalue weighted by molar-refractivity contribution is 0.218. The molecule has 10 rings (SSSR count). The van der Waals surface area contributed by atoms with E-state index in [1.165, 1.54) is 25.7 Å². The number of nitrogens with two attached hydrogens (primary N) is 1. The van der Waals surface area contributed by atoms with Crippen molar-refractivity contribution >= 4 is 76.4 Å². The third-order valence-corrected chi connectivity index (χ3v) is 11.2. The first kappa shape index (κ1) is 41.4. The molecule has 0 bridgehead atoms. The molecule has 1 saturated heterocycles. The Morgan fingerprint density at radius 2 is 1.23 bits per heavy atom. The summed E-state index contributed by atoms with van der Waals surface area (Å²) in [4.78, 5) is 49.6. The molecule has 2 aliphatic rings. The number of rotatable bonds is 7. The molecule has 1 aliphatic heterocycles. The number of nitrogens with one attached hydrogen (secondary N) is 2. The first-order valence-corrected chi connectivity index (χ1v) is 23.9. The van der Waals surface area contributed by atoms with Crippen molar-refractivity contribution in [3.05, 3.63) is 84.4 Å². The van der Waals surface area contributed by atoms with Gasteiger partial charge >= 0.3 is 6.03 Å². The van der Waals surface area contributed by atoms with Crippen LogP contribution in [-0.2, 0) is 4.79 Å². The van der Waals surface area contributed by atoms with E-state index in [0.717, 1.165) is 51.0 Å². The van der Waals surface area contributed by atoms with Gasteiger partial charge in [0.2, 0.25) is 18.0 Å². The summed E-state index contributed by atoms with van der Waals surface area (Å²) in [6.45, 7) is 11.1. The Kier molecular flexibility index (Phi) is 11.8. The van der Waals surface area contributed by atoms with E-state index in [-0.39, 0.29) is 6.04 Å². The van der Waals surface area contributed by atoms with Crippen molar-refractivity contribution in [1.29, 1.82) is 0 Å². The molecular formula is C42H47N17O2Si. The molecule has 4 N–H and O–H groups in total. The molecule has 1 atom stereocenters. The topological polar surface area (TPSA) is 239 Å². The van der Waals surface area contributed by atoms with Gasteiger partial charge in [0.15, 0.2) is 30.6 Å². The quantitative estimate of drug-likeness (QED) is 0.0918. The minimum absolute atomic E-state index is 0.0549. The third-order valence-electron chi connectivity index (χ3n) is 10.4. The van der Waals surface area contributed by atoms with Gasteiger partial charge in [-0.2, -0.15) is 19.3 Å². The maximum atomic E-state index is 11.3. The number of urea groups is 1. The van der Waals surface area contributed by atoms with E-state index in [9.17, 15) is 9.59 Å². The smallest absolute Gasteiger partial charge is 0.314 e. The van der Waals surface area contributed by atoms with Crippen LogP contribution in [0.25, 0.3) is 55.5 Å². The Hall–Kier alpha value is -7.31. The number of carbonyl (C=O) groups excluding carboxylic acids is 2. The Morgan fingerprint density at radius 3 is 1.68 bits per heavy atom. The third kappa shape index (κ3) is 9.66. The van der Waals surface area contributed by atoms with Gasteiger partial charge in [-0.1, -0.05) is 35.4 Å². The zero-order chi connectivity index (χ0) is 43.4. The second-order valence-corrected chi connectivity index (χ2v) is 20.9. The molecule has 2 amide bonds. The van der Waals surface area contributed by atoms with Gasteiger partial charge in [-0.05, 0) is 101 Å². The highest BCUT2D eigenvalue weighted by molar-refractivity contribution is 6.74. The van der Waals surface area contributed by atoms with E-state index < -0.39 is 14.3 Å². The predicted octanol–water partition coefficient (Wildman–Crippen LogP) is 6.21. The fourth-order valence-electron chi connectivity index (χ4n) is 7.29. The maximum Gasteiger partial charge on any atom is 0.314 e. The molecule has 2 aromatic carbocycles. The minimum atomic E-state index is -1.46. The van der Waals surface area contributed by atoms with Crippen molar-refractivity contribution in [1.82, 2.24) is 64.8 Å². The first-order chi connectivity index (χ1) is 29.9. The van der Waals surface area contributed by atoms with E-state index in [1.807, 2.05) is 82.0 Å². The Morgan fingerprint density at radius 1 is 0.710 bits per heavy atom. The summed E-state index contributed by atoms with van der Waals surface area (Å²) >= 11 is 0. The highest BCUT2D eigenvalue weighted by Crippen LogP contribution is 2.24. The summed E-state index contributed by atoms with van der Waals surface area (Å²) in [7, 11) is -1.46. The van der Waals surface area contributed by atoms with E-state index in [0.29, 0.717) is 53.4 Å². The number of likely N-dealkylation sites (tertiary alicyclic amines) is 1. The number of isocyanates is 1. The number of hydrogen-bond donors (Lipinski definition) is 3. The van der Waals surface area contributed by atoms with Crippen LogP contribution in [0, 0.1) is 13.8 Å². The van der Waals surface area contributed by atoms with Crippen LogP contribution in [0.2, 0.25) is 19.6 Å². The fourth-order valence-corrected chi connectivity index (χ4v) is 7.56. The monoisotopic (exact) mass is 849 g/mol. The van der Waals surface area contributed by atoms with Gasteiger partial charge < -0.3 is 21.3 Å². The van der Waals surface area contributed by atoms with Gasteiger partial charge in [0, 0.05) is 47.3 Å². The number of amides is 2. The van der Waals surface area contributed by atoms with Crippen LogP contribution < -0.4 is 16.4 Å².